The van der Waals surface area contributed by atoms with Gasteiger partial charge in [-0.1, -0.05) is 30.3 Å². The standard InChI is InChI=1S/C7H8O2.C3H6O/c8-7(9)6-4-2-1-3-5-6;1-3(2)4/h1-5,7-9H;1-2H3. The van der Waals surface area contributed by atoms with Crippen LogP contribution in [0, 0.1) is 0 Å². The molecule has 0 saturated carbocycles. The Morgan fingerprint density at radius 3 is 1.77 bits per heavy atom. The van der Waals surface area contributed by atoms with E-state index >= 15 is 0 Å². The number of carbonyl (C=O) groups is 1. The van der Waals surface area contributed by atoms with Crippen molar-refractivity contribution < 1.29 is 15.0 Å². The molecular formula is C10H14O3. The lowest BCUT2D eigenvalue weighted by Crippen LogP contribution is -1.92. The Kier molecular flexibility index (Phi) is 5.76. The van der Waals surface area contributed by atoms with Gasteiger partial charge in [-0.05, 0) is 13.8 Å². The summed E-state index contributed by atoms with van der Waals surface area (Å²) >= 11 is 0. The van der Waals surface area contributed by atoms with Crippen molar-refractivity contribution in [1.82, 2.24) is 0 Å². The fourth-order valence-corrected chi connectivity index (χ4v) is 0.625. The molecule has 0 saturated heterocycles. The third-order valence-electron chi connectivity index (χ3n) is 1.10. The van der Waals surface area contributed by atoms with Gasteiger partial charge < -0.3 is 15.0 Å². The zero-order chi connectivity index (χ0) is 10.3. The maximum atomic E-state index is 9.44. The number of aliphatic hydroxyl groups excluding tert-OH is 1. The molecule has 0 amide bonds. The van der Waals surface area contributed by atoms with Crippen LogP contribution in [0.4, 0.5) is 0 Å². The lowest BCUT2D eigenvalue weighted by molar-refractivity contribution is -0.115. The van der Waals surface area contributed by atoms with Crippen molar-refractivity contribution in [2.75, 3.05) is 0 Å². The van der Waals surface area contributed by atoms with Crippen LogP contribution in [0.25, 0.3) is 0 Å². The molecule has 0 aliphatic carbocycles. The van der Waals surface area contributed by atoms with E-state index in [2.05, 4.69) is 0 Å². The summed E-state index contributed by atoms with van der Waals surface area (Å²) in [6.45, 7) is 3.06. The predicted octanol–water partition coefficient (Wildman–Crippen LogP) is 1.27. The van der Waals surface area contributed by atoms with Gasteiger partial charge in [0, 0.05) is 5.56 Å². The van der Waals surface area contributed by atoms with Crippen molar-refractivity contribution in [2.24, 2.45) is 0 Å². The molecule has 1 rings (SSSR count). The molecule has 0 atom stereocenters. The van der Waals surface area contributed by atoms with Crippen molar-refractivity contribution in [1.29, 1.82) is 0 Å². The van der Waals surface area contributed by atoms with Crippen LogP contribution in [0.2, 0.25) is 0 Å². The number of benzene rings is 1. The van der Waals surface area contributed by atoms with E-state index in [0.717, 1.165) is 0 Å². The minimum atomic E-state index is -1.34. The summed E-state index contributed by atoms with van der Waals surface area (Å²) in [4.78, 5) is 9.44. The number of Topliss-reactive ketones (excluding diaryl/α,β-unsaturated/α-hetero) is 1. The molecule has 0 aliphatic rings. The van der Waals surface area contributed by atoms with Gasteiger partial charge in [-0.3, -0.25) is 0 Å². The average molecular weight is 182 g/mol. The van der Waals surface area contributed by atoms with E-state index in [4.69, 9.17) is 10.2 Å². The van der Waals surface area contributed by atoms with Crippen LogP contribution in [-0.2, 0) is 4.79 Å². The van der Waals surface area contributed by atoms with E-state index in [1.165, 1.54) is 13.8 Å². The van der Waals surface area contributed by atoms with Crippen LogP contribution in [0.5, 0.6) is 0 Å². The van der Waals surface area contributed by atoms with E-state index in [1.807, 2.05) is 6.07 Å². The molecule has 1 aromatic rings. The van der Waals surface area contributed by atoms with Crippen LogP contribution in [0.1, 0.15) is 25.7 Å². The topological polar surface area (TPSA) is 57.5 Å². The highest BCUT2D eigenvalue weighted by Crippen LogP contribution is 2.06. The second-order valence-electron chi connectivity index (χ2n) is 2.69. The summed E-state index contributed by atoms with van der Waals surface area (Å²) in [7, 11) is 0. The fourth-order valence-electron chi connectivity index (χ4n) is 0.625. The van der Waals surface area contributed by atoms with E-state index in [-0.39, 0.29) is 5.78 Å². The highest BCUT2D eigenvalue weighted by atomic mass is 16.5. The second-order valence-corrected chi connectivity index (χ2v) is 2.69. The molecular weight excluding hydrogens is 168 g/mol. The summed E-state index contributed by atoms with van der Waals surface area (Å²) in [5, 5.41) is 17.2. The van der Waals surface area contributed by atoms with Gasteiger partial charge in [-0.2, -0.15) is 0 Å². The largest absolute Gasteiger partial charge is 0.364 e. The Morgan fingerprint density at radius 2 is 1.54 bits per heavy atom. The van der Waals surface area contributed by atoms with Gasteiger partial charge in [0.2, 0.25) is 0 Å². The number of hydrogen-bond acceptors (Lipinski definition) is 3. The van der Waals surface area contributed by atoms with Crippen molar-refractivity contribution in [3.63, 3.8) is 0 Å². The van der Waals surface area contributed by atoms with E-state index in [0.29, 0.717) is 5.56 Å². The molecule has 0 unspecified atom stereocenters. The first kappa shape index (κ1) is 11.8. The molecule has 0 fully saturated rings. The van der Waals surface area contributed by atoms with Crippen LogP contribution in [0.3, 0.4) is 0 Å². The molecule has 0 radical (unpaired) electrons. The molecule has 0 bridgehead atoms. The number of hydrogen-bond donors (Lipinski definition) is 2. The molecule has 3 heteroatoms. The quantitative estimate of drug-likeness (QED) is 0.643. The lowest BCUT2D eigenvalue weighted by Gasteiger charge is -1.99. The lowest BCUT2D eigenvalue weighted by atomic mass is 10.2. The first-order valence-electron chi connectivity index (χ1n) is 3.92. The number of rotatable bonds is 1. The Hall–Kier alpha value is -1.19. The van der Waals surface area contributed by atoms with Gasteiger partial charge >= 0.3 is 0 Å². The number of ketones is 1. The Bertz CT molecular complexity index is 238. The van der Waals surface area contributed by atoms with Crippen LogP contribution >= 0.6 is 0 Å². The SMILES string of the molecule is CC(C)=O.OC(O)c1ccccc1. The fraction of sp³-hybridized carbons (Fsp3) is 0.300. The van der Waals surface area contributed by atoms with E-state index < -0.39 is 6.29 Å². The molecule has 72 valence electrons. The number of carbonyl (C=O) groups excluding carboxylic acids is 1. The Morgan fingerprint density at radius 1 is 1.15 bits per heavy atom. The van der Waals surface area contributed by atoms with Gasteiger partial charge in [0.25, 0.3) is 0 Å². The number of aliphatic hydroxyl groups is 2. The van der Waals surface area contributed by atoms with Crippen LogP contribution in [-0.4, -0.2) is 16.0 Å². The van der Waals surface area contributed by atoms with Gasteiger partial charge in [0.05, 0.1) is 0 Å². The van der Waals surface area contributed by atoms with Gasteiger partial charge in [-0.25, -0.2) is 0 Å². The first-order valence-corrected chi connectivity index (χ1v) is 3.92. The van der Waals surface area contributed by atoms with Gasteiger partial charge in [0.15, 0.2) is 6.29 Å². The molecule has 0 spiro atoms. The highest BCUT2D eigenvalue weighted by Gasteiger charge is 1.97. The molecule has 1 aromatic carbocycles. The maximum absolute atomic E-state index is 9.44. The minimum Gasteiger partial charge on any atom is -0.364 e. The molecule has 0 aromatic heterocycles. The van der Waals surface area contributed by atoms with Crippen molar-refractivity contribution >= 4 is 5.78 Å². The summed E-state index contributed by atoms with van der Waals surface area (Å²) in [5.41, 5.74) is 0.525. The molecule has 13 heavy (non-hydrogen) atoms. The minimum absolute atomic E-state index is 0.167. The van der Waals surface area contributed by atoms with Crippen LogP contribution in [0.15, 0.2) is 30.3 Å². The summed E-state index contributed by atoms with van der Waals surface area (Å²) in [6.07, 6.45) is -1.34. The molecule has 2 N–H and O–H groups in total. The van der Waals surface area contributed by atoms with E-state index in [1.54, 1.807) is 24.3 Å². The molecule has 0 heterocycles. The Balaban J connectivity index is 0.000000310. The summed E-state index contributed by atoms with van der Waals surface area (Å²) in [6, 6.07) is 8.66. The highest BCUT2D eigenvalue weighted by molar-refractivity contribution is 5.72. The monoisotopic (exact) mass is 182 g/mol. The summed E-state index contributed by atoms with van der Waals surface area (Å²) in [5.74, 6) is 0.167. The zero-order valence-electron chi connectivity index (χ0n) is 7.77. The van der Waals surface area contributed by atoms with Crippen molar-refractivity contribution in [3.8, 4) is 0 Å². The molecule has 0 aliphatic heterocycles. The summed E-state index contributed by atoms with van der Waals surface area (Å²) < 4.78 is 0. The first-order chi connectivity index (χ1) is 6.04. The third kappa shape index (κ3) is 7.18. The van der Waals surface area contributed by atoms with Crippen LogP contribution < -0.4 is 0 Å². The van der Waals surface area contributed by atoms with E-state index in [9.17, 15) is 4.79 Å². The van der Waals surface area contributed by atoms with Crippen molar-refractivity contribution in [2.45, 2.75) is 20.1 Å². The zero-order valence-corrected chi connectivity index (χ0v) is 7.77. The molecule has 3 nitrogen and oxygen atoms in total. The maximum Gasteiger partial charge on any atom is 0.178 e. The normalized spacial score (nSPS) is 9.00. The van der Waals surface area contributed by atoms with Crippen molar-refractivity contribution in [3.05, 3.63) is 35.9 Å². The second kappa shape index (κ2) is 6.34. The Labute approximate surface area is 77.6 Å². The average Bonchev–Trinajstić information content (AvgIpc) is 2.05. The van der Waals surface area contributed by atoms with Gasteiger partial charge in [-0.15, -0.1) is 0 Å². The smallest absolute Gasteiger partial charge is 0.178 e. The predicted molar refractivity (Wildman–Crippen MR) is 50.0 cm³/mol. The third-order valence-corrected chi connectivity index (χ3v) is 1.10. The van der Waals surface area contributed by atoms with Gasteiger partial charge in [0.1, 0.15) is 5.78 Å².